The van der Waals surface area contributed by atoms with Gasteiger partial charge >= 0.3 is 0 Å². The number of amidine groups is 1. The molecular weight excluding hydrogens is 168 g/mol. The summed E-state index contributed by atoms with van der Waals surface area (Å²) in [7, 11) is 3.30. The van der Waals surface area contributed by atoms with Gasteiger partial charge in [0.25, 0.3) is 0 Å². The molecule has 0 aliphatic heterocycles. The lowest BCUT2D eigenvalue weighted by atomic mass is 10.2. The van der Waals surface area contributed by atoms with Crippen LogP contribution < -0.4 is 5.73 Å². The number of nitrogens with zero attached hydrogens (tertiary/aromatic N) is 1. The predicted octanol–water partition coefficient (Wildman–Crippen LogP) is 0.805. The number of nitrogens with two attached hydrogens (primary N) is 1. The predicted molar refractivity (Wildman–Crippen MR) is 54.1 cm³/mol. The van der Waals surface area contributed by atoms with E-state index < -0.39 is 0 Å². The van der Waals surface area contributed by atoms with Crippen LogP contribution >= 0.6 is 0 Å². The van der Waals surface area contributed by atoms with E-state index in [1.54, 1.807) is 14.2 Å². The van der Waals surface area contributed by atoms with Crippen molar-refractivity contribution in [2.45, 2.75) is 25.9 Å². The smallest absolute Gasteiger partial charge is 0.123 e. The SMILES string of the molecule is CCCC(OC)C(N)=NCCOC. The van der Waals surface area contributed by atoms with Gasteiger partial charge in [-0.15, -0.1) is 0 Å². The highest BCUT2D eigenvalue weighted by molar-refractivity contribution is 5.84. The maximum atomic E-state index is 5.72. The molecule has 78 valence electrons. The van der Waals surface area contributed by atoms with Crippen LogP contribution in [0, 0.1) is 0 Å². The number of methoxy groups -OCH3 is 2. The number of hydrogen-bond acceptors (Lipinski definition) is 3. The van der Waals surface area contributed by atoms with Crippen LogP contribution in [0.5, 0.6) is 0 Å². The third-order valence-electron chi connectivity index (χ3n) is 1.76. The van der Waals surface area contributed by atoms with Gasteiger partial charge in [-0.05, 0) is 6.42 Å². The van der Waals surface area contributed by atoms with Gasteiger partial charge in [-0.1, -0.05) is 13.3 Å². The summed E-state index contributed by atoms with van der Waals surface area (Å²) in [5.41, 5.74) is 5.72. The van der Waals surface area contributed by atoms with Crippen molar-refractivity contribution in [3.05, 3.63) is 0 Å². The van der Waals surface area contributed by atoms with E-state index in [2.05, 4.69) is 11.9 Å². The lowest BCUT2D eigenvalue weighted by molar-refractivity contribution is 0.146. The molecule has 4 nitrogen and oxygen atoms in total. The van der Waals surface area contributed by atoms with Gasteiger partial charge in [0.15, 0.2) is 0 Å². The molecule has 1 unspecified atom stereocenters. The molecule has 0 saturated heterocycles. The molecule has 4 heteroatoms. The van der Waals surface area contributed by atoms with Gasteiger partial charge in [-0.2, -0.15) is 0 Å². The summed E-state index contributed by atoms with van der Waals surface area (Å²) < 4.78 is 10.0. The maximum absolute atomic E-state index is 5.72. The molecule has 0 fully saturated rings. The van der Waals surface area contributed by atoms with Crippen LogP contribution in [0.3, 0.4) is 0 Å². The molecular formula is C9H20N2O2. The Bertz CT molecular complexity index is 149. The van der Waals surface area contributed by atoms with Crippen LogP contribution in [0.1, 0.15) is 19.8 Å². The summed E-state index contributed by atoms with van der Waals surface area (Å²) in [6, 6.07) is 0. The molecule has 0 saturated carbocycles. The molecule has 2 N–H and O–H groups in total. The second kappa shape index (κ2) is 8.01. The van der Waals surface area contributed by atoms with Gasteiger partial charge in [-0.3, -0.25) is 4.99 Å². The number of rotatable bonds is 7. The summed E-state index contributed by atoms with van der Waals surface area (Å²) in [6.45, 7) is 3.30. The zero-order valence-electron chi connectivity index (χ0n) is 8.75. The lowest BCUT2D eigenvalue weighted by Crippen LogP contribution is -2.31. The molecule has 0 aromatic heterocycles. The molecule has 0 aromatic carbocycles. The van der Waals surface area contributed by atoms with E-state index in [4.69, 9.17) is 15.2 Å². The van der Waals surface area contributed by atoms with Crippen LogP contribution in [-0.4, -0.2) is 39.3 Å². The summed E-state index contributed by atoms with van der Waals surface area (Å²) >= 11 is 0. The molecule has 0 spiro atoms. The first-order valence-corrected chi connectivity index (χ1v) is 4.57. The van der Waals surface area contributed by atoms with Crippen molar-refractivity contribution in [3.63, 3.8) is 0 Å². The van der Waals surface area contributed by atoms with Crippen LogP contribution in [0.4, 0.5) is 0 Å². The second-order valence-corrected chi connectivity index (χ2v) is 2.81. The highest BCUT2D eigenvalue weighted by Gasteiger charge is 2.09. The second-order valence-electron chi connectivity index (χ2n) is 2.81. The molecule has 13 heavy (non-hydrogen) atoms. The summed E-state index contributed by atoms with van der Waals surface area (Å²) in [6.07, 6.45) is 1.92. The topological polar surface area (TPSA) is 56.8 Å². The highest BCUT2D eigenvalue weighted by Crippen LogP contribution is 2.00. The summed E-state index contributed by atoms with van der Waals surface area (Å²) in [4.78, 5) is 4.15. The minimum absolute atomic E-state index is 0.0399. The van der Waals surface area contributed by atoms with Crippen molar-refractivity contribution in [1.29, 1.82) is 0 Å². The third-order valence-corrected chi connectivity index (χ3v) is 1.76. The number of hydrogen-bond donors (Lipinski definition) is 1. The maximum Gasteiger partial charge on any atom is 0.123 e. The fraction of sp³-hybridized carbons (Fsp3) is 0.889. The van der Waals surface area contributed by atoms with Crippen molar-refractivity contribution in [3.8, 4) is 0 Å². The van der Waals surface area contributed by atoms with Gasteiger partial charge in [0.05, 0.1) is 13.2 Å². The van der Waals surface area contributed by atoms with Crippen molar-refractivity contribution in [2.75, 3.05) is 27.4 Å². The molecule has 1 atom stereocenters. The molecule has 0 aromatic rings. The molecule has 0 rings (SSSR count). The average Bonchev–Trinajstić information content (AvgIpc) is 2.14. The van der Waals surface area contributed by atoms with Crippen LogP contribution in [0.2, 0.25) is 0 Å². The molecule has 0 radical (unpaired) electrons. The van der Waals surface area contributed by atoms with Crippen LogP contribution in [-0.2, 0) is 9.47 Å². The quantitative estimate of drug-likeness (QED) is 0.365. The Morgan fingerprint density at radius 1 is 1.46 bits per heavy atom. The Kier molecular flexibility index (Phi) is 7.63. The standard InChI is InChI=1S/C9H20N2O2/c1-4-5-8(13-3)9(10)11-6-7-12-2/h8H,4-7H2,1-3H3,(H2,10,11). The fourth-order valence-corrected chi connectivity index (χ4v) is 1.02. The van der Waals surface area contributed by atoms with Crippen molar-refractivity contribution in [2.24, 2.45) is 10.7 Å². The van der Waals surface area contributed by atoms with Crippen LogP contribution in [0.15, 0.2) is 4.99 Å². The van der Waals surface area contributed by atoms with Gasteiger partial charge < -0.3 is 15.2 Å². The monoisotopic (exact) mass is 188 g/mol. The molecule has 0 amide bonds. The van der Waals surface area contributed by atoms with Gasteiger partial charge in [0.2, 0.25) is 0 Å². The summed E-state index contributed by atoms with van der Waals surface area (Å²) in [5.74, 6) is 0.571. The first-order chi connectivity index (χ1) is 6.26. The van der Waals surface area contributed by atoms with E-state index in [9.17, 15) is 0 Å². The van der Waals surface area contributed by atoms with Crippen LogP contribution in [0.25, 0.3) is 0 Å². The van der Waals surface area contributed by atoms with E-state index in [0.717, 1.165) is 12.8 Å². The zero-order chi connectivity index (χ0) is 10.1. The van der Waals surface area contributed by atoms with Gasteiger partial charge in [-0.25, -0.2) is 0 Å². The first-order valence-electron chi connectivity index (χ1n) is 4.57. The Morgan fingerprint density at radius 2 is 2.15 bits per heavy atom. The Morgan fingerprint density at radius 3 is 2.62 bits per heavy atom. The Hall–Kier alpha value is -0.610. The Balaban J connectivity index is 3.87. The van der Waals surface area contributed by atoms with E-state index in [-0.39, 0.29) is 6.10 Å². The summed E-state index contributed by atoms with van der Waals surface area (Å²) in [5, 5.41) is 0. The normalized spacial score (nSPS) is 14.5. The average molecular weight is 188 g/mol. The minimum Gasteiger partial charge on any atom is -0.385 e. The van der Waals surface area contributed by atoms with Gasteiger partial charge in [0.1, 0.15) is 11.9 Å². The van der Waals surface area contributed by atoms with E-state index in [0.29, 0.717) is 19.0 Å². The fourth-order valence-electron chi connectivity index (χ4n) is 1.02. The molecule has 0 heterocycles. The van der Waals surface area contributed by atoms with E-state index in [1.165, 1.54) is 0 Å². The highest BCUT2D eigenvalue weighted by atomic mass is 16.5. The number of ether oxygens (including phenoxy) is 2. The first kappa shape index (κ1) is 12.4. The zero-order valence-corrected chi connectivity index (χ0v) is 8.75. The lowest BCUT2D eigenvalue weighted by Gasteiger charge is -2.13. The van der Waals surface area contributed by atoms with E-state index in [1.807, 2.05) is 0 Å². The van der Waals surface area contributed by atoms with Gasteiger partial charge in [0, 0.05) is 14.2 Å². The molecule has 0 aliphatic rings. The number of aliphatic imine (C=N–C) groups is 1. The largest absolute Gasteiger partial charge is 0.385 e. The van der Waals surface area contributed by atoms with Crippen molar-refractivity contribution < 1.29 is 9.47 Å². The molecule has 0 bridgehead atoms. The van der Waals surface area contributed by atoms with E-state index >= 15 is 0 Å². The Labute approximate surface area is 80.1 Å². The van der Waals surface area contributed by atoms with Crippen molar-refractivity contribution >= 4 is 5.84 Å². The van der Waals surface area contributed by atoms with Crippen molar-refractivity contribution in [1.82, 2.24) is 0 Å². The molecule has 0 aliphatic carbocycles. The third kappa shape index (κ3) is 5.60. The minimum atomic E-state index is -0.0399.